The highest BCUT2D eigenvalue weighted by atomic mass is 79.9. The van der Waals surface area contributed by atoms with Gasteiger partial charge in [0.1, 0.15) is 8.95 Å². The van der Waals surface area contributed by atoms with E-state index in [9.17, 15) is 14.9 Å². The van der Waals surface area contributed by atoms with Crippen LogP contribution in [-0.4, -0.2) is 14.5 Å². The Hall–Kier alpha value is -1.54. The van der Waals surface area contributed by atoms with Gasteiger partial charge in [-0.1, -0.05) is 12.1 Å². The summed E-state index contributed by atoms with van der Waals surface area (Å²) < 4.78 is 2.08. The molecule has 0 amide bonds. The van der Waals surface area contributed by atoms with Gasteiger partial charge in [-0.15, -0.1) is 0 Å². The lowest BCUT2D eigenvalue weighted by atomic mass is 10.2. The van der Waals surface area contributed by atoms with Gasteiger partial charge in [-0.25, -0.2) is 4.98 Å². The number of halogens is 2. The van der Waals surface area contributed by atoms with Crippen LogP contribution < -0.4 is 5.56 Å². The number of rotatable bonds is 3. The van der Waals surface area contributed by atoms with Crippen molar-refractivity contribution in [3.05, 3.63) is 65.7 Å². The predicted molar refractivity (Wildman–Crippen MR) is 76.1 cm³/mol. The molecule has 8 heteroatoms. The zero-order valence-electron chi connectivity index (χ0n) is 9.42. The molecule has 0 bridgehead atoms. The first kappa shape index (κ1) is 13.9. The van der Waals surface area contributed by atoms with E-state index in [1.54, 1.807) is 12.1 Å². The minimum absolute atomic E-state index is 0.0338. The van der Waals surface area contributed by atoms with Gasteiger partial charge in [-0.05, 0) is 37.4 Å². The Morgan fingerprint density at radius 1 is 1.37 bits per heavy atom. The molecule has 0 aliphatic rings. The lowest BCUT2D eigenvalue weighted by Crippen LogP contribution is -2.21. The topological polar surface area (TPSA) is 78.0 Å². The highest BCUT2D eigenvalue weighted by molar-refractivity contribution is 9.10. The molecular weight excluding hydrogens is 382 g/mol. The fourth-order valence-electron chi connectivity index (χ4n) is 1.55. The summed E-state index contributed by atoms with van der Waals surface area (Å²) in [6.45, 7) is 0.202. The van der Waals surface area contributed by atoms with E-state index in [-0.39, 0.29) is 17.8 Å². The molecule has 1 aromatic carbocycles. The van der Waals surface area contributed by atoms with Gasteiger partial charge in [-0.2, -0.15) is 0 Å². The van der Waals surface area contributed by atoms with Gasteiger partial charge in [0.15, 0.2) is 0 Å². The highest BCUT2D eigenvalue weighted by Gasteiger charge is 2.15. The molecule has 0 N–H and O–H groups in total. The highest BCUT2D eigenvalue weighted by Crippen LogP contribution is 2.28. The predicted octanol–water partition coefficient (Wildman–Crippen LogP) is 2.72. The van der Waals surface area contributed by atoms with Crippen LogP contribution >= 0.6 is 31.9 Å². The average molecular weight is 389 g/mol. The van der Waals surface area contributed by atoms with Crippen molar-refractivity contribution in [1.82, 2.24) is 9.55 Å². The van der Waals surface area contributed by atoms with Crippen LogP contribution in [0.3, 0.4) is 0 Å². The van der Waals surface area contributed by atoms with Crippen LogP contribution in [0.25, 0.3) is 0 Å². The first-order chi connectivity index (χ1) is 9.00. The maximum Gasteiger partial charge on any atom is 0.283 e. The first-order valence-corrected chi connectivity index (χ1v) is 6.71. The quantitative estimate of drug-likeness (QED) is 0.598. The summed E-state index contributed by atoms with van der Waals surface area (Å²) in [5.41, 5.74) is 0.359. The van der Waals surface area contributed by atoms with E-state index < -0.39 is 4.92 Å². The number of hydrogen-bond acceptors (Lipinski definition) is 4. The molecule has 6 nitrogen and oxygen atoms in total. The summed E-state index contributed by atoms with van der Waals surface area (Å²) in [5.74, 6) is 0. The van der Waals surface area contributed by atoms with Crippen LogP contribution in [0.15, 0.2) is 44.5 Å². The van der Waals surface area contributed by atoms with Gasteiger partial charge in [-0.3, -0.25) is 19.5 Å². The second-order valence-electron chi connectivity index (χ2n) is 3.68. The van der Waals surface area contributed by atoms with Crippen molar-refractivity contribution in [3.63, 3.8) is 0 Å². The summed E-state index contributed by atoms with van der Waals surface area (Å²) in [7, 11) is 0. The maximum atomic E-state index is 11.8. The molecule has 1 aromatic heterocycles. The molecule has 0 atom stereocenters. The Labute approximate surface area is 124 Å². The molecule has 19 heavy (non-hydrogen) atoms. The normalized spacial score (nSPS) is 10.4. The molecule has 2 aromatic rings. The summed E-state index contributed by atoms with van der Waals surface area (Å²) in [5, 5.41) is 10.8. The van der Waals surface area contributed by atoms with E-state index in [4.69, 9.17) is 0 Å². The molecule has 0 spiro atoms. The Morgan fingerprint density at radius 3 is 2.79 bits per heavy atom. The molecule has 0 radical (unpaired) electrons. The van der Waals surface area contributed by atoms with Gasteiger partial charge in [0.2, 0.25) is 0 Å². The third kappa shape index (κ3) is 2.90. The Morgan fingerprint density at radius 2 is 2.11 bits per heavy atom. The van der Waals surface area contributed by atoms with E-state index in [0.29, 0.717) is 14.5 Å². The standard InChI is InChI=1S/C11H7Br2N3O3/c12-8-4-14-6-15(11(8)17)5-7-2-1-3-9(10(7)13)16(18)19/h1-4,6H,5H2. The van der Waals surface area contributed by atoms with E-state index >= 15 is 0 Å². The second-order valence-corrected chi connectivity index (χ2v) is 5.33. The van der Waals surface area contributed by atoms with Gasteiger partial charge in [0, 0.05) is 12.3 Å². The van der Waals surface area contributed by atoms with Gasteiger partial charge >= 0.3 is 0 Å². The number of nitro groups is 1. The van der Waals surface area contributed by atoms with E-state index in [1.807, 2.05) is 0 Å². The van der Waals surface area contributed by atoms with Crippen molar-refractivity contribution < 1.29 is 4.92 Å². The van der Waals surface area contributed by atoms with E-state index in [2.05, 4.69) is 36.8 Å². The van der Waals surface area contributed by atoms with E-state index in [0.717, 1.165) is 0 Å². The molecule has 0 aliphatic carbocycles. The van der Waals surface area contributed by atoms with Gasteiger partial charge in [0.05, 0.1) is 17.8 Å². The first-order valence-electron chi connectivity index (χ1n) is 5.12. The minimum Gasteiger partial charge on any atom is -0.294 e. The molecule has 0 saturated heterocycles. The van der Waals surface area contributed by atoms with Crippen LogP contribution in [0.2, 0.25) is 0 Å². The van der Waals surface area contributed by atoms with Crippen molar-refractivity contribution in [3.8, 4) is 0 Å². The Kier molecular flexibility index (Phi) is 4.11. The minimum atomic E-state index is -0.477. The van der Waals surface area contributed by atoms with Crippen molar-refractivity contribution in [2.75, 3.05) is 0 Å². The summed E-state index contributed by atoms with van der Waals surface area (Å²) in [6, 6.07) is 4.69. The number of aromatic nitrogens is 2. The van der Waals surface area contributed by atoms with Crippen molar-refractivity contribution in [2.45, 2.75) is 6.54 Å². The molecule has 2 rings (SSSR count). The van der Waals surface area contributed by atoms with Crippen molar-refractivity contribution in [2.24, 2.45) is 0 Å². The smallest absolute Gasteiger partial charge is 0.283 e. The summed E-state index contributed by atoms with van der Waals surface area (Å²) in [4.78, 5) is 26.1. The molecule has 1 heterocycles. The van der Waals surface area contributed by atoms with E-state index in [1.165, 1.54) is 23.2 Å². The molecular formula is C11H7Br2N3O3. The SMILES string of the molecule is O=c1c(Br)cncn1Cc1cccc([N+](=O)[O-])c1Br. The summed E-state index contributed by atoms with van der Waals surface area (Å²) >= 11 is 6.29. The Bertz CT molecular complexity index is 700. The second kappa shape index (κ2) is 5.62. The number of nitrogens with zero attached hydrogens (tertiary/aromatic N) is 3. The Balaban J connectivity index is 2.45. The zero-order valence-corrected chi connectivity index (χ0v) is 12.6. The van der Waals surface area contributed by atoms with Crippen LogP contribution in [0.4, 0.5) is 5.69 Å². The van der Waals surface area contributed by atoms with Crippen LogP contribution in [0.1, 0.15) is 5.56 Å². The van der Waals surface area contributed by atoms with Crippen molar-refractivity contribution >= 4 is 37.5 Å². The van der Waals surface area contributed by atoms with Crippen molar-refractivity contribution in [1.29, 1.82) is 0 Å². The number of nitro benzene ring substituents is 1. The lowest BCUT2D eigenvalue weighted by molar-refractivity contribution is -0.385. The fraction of sp³-hybridized carbons (Fsp3) is 0.0909. The summed E-state index contributed by atoms with van der Waals surface area (Å²) in [6.07, 6.45) is 2.79. The van der Waals surface area contributed by atoms with Gasteiger partial charge < -0.3 is 0 Å². The number of benzene rings is 1. The third-order valence-corrected chi connectivity index (χ3v) is 3.91. The third-order valence-electron chi connectivity index (χ3n) is 2.45. The largest absolute Gasteiger partial charge is 0.294 e. The number of hydrogen-bond donors (Lipinski definition) is 0. The molecule has 98 valence electrons. The molecule has 0 aliphatic heterocycles. The molecule has 0 unspecified atom stereocenters. The average Bonchev–Trinajstić information content (AvgIpc) is 2.37. The molecule has 0 saturated carbocycles. The van der Waals surface area contributed by atoms with Crippen LogP contribution in [0.5, 0.6) is 0 Å². The van der Waals surface area contributed by atoms with Crippen LogP contribution in [-0.2, 0) is 6.54 Å². The van der Waals surface area contributed by atoms with Crippen LogP contribution in [0, 0.1) is 10.1 Å². The molecule has 0 fully saturated rings. The monoisotopic (exact) mass is 387 g/mol. The maximum absolute atomic E-state index is 11.8. The van der Waals surface area contributed by atoms with Gasteiger partial charge in [0.25, 0.3) is 11.2 Å². The lowest BCUT2D eigenvalue weighted by Gasteiger charge is -2.07. The zero-order chi connectivity index (χ0) is 14.0. The fourth-order valence-corrected chi connectivity index (χ4v) is 2.43.